The van der Waals surface area contributed by atoms with E-state index >= 15 is 0 Å². The molecule has 2 N–H and O–H groups in total. The van der Waals surface area contributed by atoms with Crippen molar-refractivity contribution in [2.24, 2.45) is 0 Å². The van der Waals surface area contributed by atoms with E-state index in [-0.39, 0.29) is 29.2 Å². The van der Waals surface area contributed by atoms with Crippen molar-refractivity contribution < 1.29 is 27.5 Å². The van der Waals surface area contributed by atoms with Crippen LogP contribution in [0.3, 0.4) is 0 Å². The summed E-state index contributed by atoms with van der Waals surface area (Å²) in [6.45, 7) is 13.5. The quantitative estimate of drug-likeness (QED) is 0.182. The van der Waals surface area contributed by atoms with Gasteiger partial charge in [0.1, 0.15) is 11.4 Å². The predicted octanol–water partition coefficient (Wildman–Crippen LogP) is 5.79. The Morgan fingerprint density at radius 1 is 0.961 bits per heavy atom. The third-order valence-electron chi connectivity index (χ3n) is 8.35. The monoisotopic (exact) mass is 716 g/mol. The van der Waals surface area contributed by atoms with Crippen LogP contribution in [0.2, 0.25) is 0 Å². The van der Waals surface area contributed by atoms with Gasteiger partial charge in [0.2, 0.25) is 0 Å². The van der Waals surface area contributed by atoms with E-state index in [0.717, 1.165) is 61.1 Å². The fourth-order valence-electron chi connectivity index (χ4n) is 6.04. The number of rotatable bonds is 11. The number of nitrogens with one attached hydrogen (secondary N) is 2. The number of fused-ring (bicyclic) bond motifs is 1. The Morgan fingerprint density at radius 2 is 1.71 bits per heavy atom. The molecule has 2 amide bonds. The summed E-state index contributed by atoms with van der Waals surface area (Å²) in [7, 11) is -3.47. The van der Waals surface area contributed by atoms with Gasteiger partial charge in [-0.2, -0.15) is 0 Å². The number of carbonyl (C=O) groups excluding carboxylic acids is 2. The van der Waals surface area contributed by atoms with Gasteiger partial charge in [-0.1, -0.05) is 6.07 Å². The molecule has 1 aromatic carbocycles. The van der Waals surface area contributed by atoms with Crippen LogP contribution < -0.4 is 15.5 Å². The number of carbonyl (C=O) groups is 2. The van der Waals surface area contributed by atoms with Gasteiger partial charge >= 0.3 is 6.09 Å². The molecule has 5 rings (SSSR count). The van der Waals surface area contributed by atoms with Crippen molar-refractivity contribution >= 4 is 38.6 Å². The van der Waals surface area contributed by atoms with Crippen LogP contribution >= 0.6 is 0 Å². The second-order valence-corrected chi connectivity index (χ2v) is 16.3. The summed E-state index contributed by atoms with van der Waals surface area (Å²) in [6, 6.07) is 14.6. The van der Waals surface area contributed by atoms with Crippen LogP contribution in [-0.4, -0.2) is 79.1 Å². The third-order valence-corrected chi connectivity index (χ3v) is 9.59. The number of sulfone groups is 1. The fraction of sp³-hybridized carbons (Fsp3) is 0.447. The number of alkyl carbamates (subject to hydrolysis) is 1. The molecule has 1 fully saturated rings. The Morgan fingerprint density at radius 3 is 2.41 bits per heavy atom. The molecule has 0 unspecified atom stereocenters. The van der Waals surface area contributed by atoms with Gasteiger partial charge in [0.25, 0.3) is 5.91 Å². The highest BCUT2D eigenvalue weighted by Gasteiger charge is 2.24. The average molecular weight is 717 g/mol. The predicted molar refractivity (Wildman–Crippen MR) is 198 cm³/mol. The van der Waals surface area contributed by atoms with Gasteiger partial charge in [0, 0.05) is 43.0 Å². The Bertz CT molecular complexity index is 2000. The maximum Gasteiger partial charge on any atom is 0.407 e. The first kappa shape index (κ1) is 37.6. The Balaban J connectivity index is 1.34. The Labute approximate surface area is 300 Å². The lowest BCUT2D eigenvalue weighted by Crippen LogP contribution is -2.45. The number of amides is 2. The first-order valence-electron chi connectivity index (χ1n) is 17.3. The first-order valence-corrected chi connectivity index (χ1v) is 19.2. The van der Waals surface area contributed by atoms with E-state index in [0.29, 0.717) is 29.0 Å². The first-order chi connectivity index (χ1) is 24.0. The molecule has 0 bridgehead atoms. The maximum absolute atomic E-state index is 12.9. The van der Waals surface area contributed by atoms with Gasteiger partial charge < -0.3 is 25.0 Å². The van der Waals surface area contributed by atoms with Gasteiger partial charge in [0.15, 0.2) is 9.84 Å². The number of unbranched alkanes of at least 4 members (excludes halogenated alkanes) is 1. The highest BCUT2D eigenvalue weighted by molar-refractivity contribution is 7.90. The highest BCUT2D eigenvalue weighted by atomic mass is 32.2. The lowest BCUT2D eigenvalue weighted by atomic mass is 10.1. The standard InChI is InChI=1S/C38H48N6O6S/c1-24-11-12-28(18-34(24)51(7,47)48)36(45)41-21-30-19-32-29(20-40-30)13-14-31(42-32)33-16-27(10-8-9-15-39-37(46)50-38(4,5)6)17-35(43-33)44-22-25(2)49-26(3)23-44/h11-14,16-20,25-26H,8-10,15,21-23H2,1-7H3,(H,39,46)(H,41,45)/t25-,26+. The zero-order chi connectivity index (χ0) is 36.9. The molecule has 3 aromatic heterocycles. The molecule has 1 aliphatic heterocycles. The summed E-state index contributed by atoms with van der Waals surface area (Å²) >= 11 is 0. The number of aromatic nitrogens is 3. The average Bonchev–Trinajstić information content (AvgIpc) is 3.05. The Kier molecular flexibility index (Phi) is 11.6. The molecule has 13 heteroatoms. The number of anilines is 1. The molecule has 0 spiro atoms. The van der Waals surface area contributed by atoms with Gasteiger partial charge in [0.05, 0.1) is 46.2 Å². The molecular formula is C38H48N6O6S. The smallest absolute Gasteiger partial charge is 0.407 e. The lowest BCUT2D eigenvalue weighted by Gasteiger charge is -2.36. The van der Waals surface area contributed by atoms with Crippen LogP contribution in [-0.2, 0) is 32.3 Å². The van der Waals surface area contributed by atoms with E-state index in [4.69, 9.17) is 19.4 Å². The molecule has 4 aromatic rings. The molecule has 51 heavy (non-hydrogen) atoms. The van der Waals surface area contributed by atoms with Crippen LogP contribution in [0.1, 0.15) is 74.6 Å². The summed E-state index contributed by atoms with van der Waals surface area (Å²) in [4.78, 5) is 41.9. The third kappa shape index (κ3) is 10.5. The number of hydrogen-bond donors (Lipinski definition) is 2. The summed E-state index contributed by atoms with van der Waals surface area (Å²) in [5, 5.41) is 6.52. The molecule has 2 atom stereocenters. The molecule has 1 saturated heterocycles. The number of pyridine rings is 3. The lowest BCUT2D eigenvalue weighted by molar-refractivity contribution is -0.00546. The Hall–Kier alpha value is -4.62. The van der Waals surface area contributed by atoms with Crippen LogP contribution in [0.25, 0.3) is 22.3 Å². The van der Waals surface area contributed by atoms with Crippen LogP contribution in [0, 0.1) is 6.92 Å². The second-order valence-electron chi connectivity index (χ2n) is 14.3. The van der Waals surface area contributed by atoms with Crippen LogP contribution in [0.5, 0.6) is 0 Å². The molecule has 0 saturated carbocycles. The minimum Gasteiger partial charge on any atom is -0.444 e. The second kappa shape index (κ2) is 15.7. The highest BCUT2D eigenvalue weighted by Crippen LogP contribution is 2.27. The minimum atomic E-state index is -3.47. The number of aryl methyl sites for hydroxylation is 2. The summed E-state index contributed by atoms with van der Waals surface area (Å²) in [5.41, 5.74) is 4.19. The molecule has 272 valence electrons. The van der Waals surface area contributed by atoms with Crippen molar-refractivity contribution in [2.75, 3.05) is 30.8 Å². The largest absolute Gasteiger partial charge is 0.444 e. The van der Waals surface area contributed by atoms with E-state index in [1.165, 1.54) is 6.07 Å². The molecule has 1 aliphatic rings. The van der Waals surface area contributed by atoms with Crippen molar-refractivity contribution in [3.05, 3.63) is 77.1 Å². The van der Waals surface area contributed by atoms with Gasteiger partial charge in [-0.15, -0.1) is 0 Å². The van der Waals surface area contributed by atoms with E-state index in [1.807, 2.05) is 39.0 Å². The van der Waals surface area contributed by atoms with Crippen molar-refractivity contribution in [1.29, 1.82) is 0 Å². The number of hydrogen-bond acceptors (Lipinski definition) is 10. The van der Waals surface area contributed by atoms with Crippen molar-refractivity contribution in [1.82, 2.24) is 25.6 Å². The SMILES string of the molecule is Cc1ccc(C(=O)NCc2cc3nc(-c4cc(CCCCNC(=O)OC(C)(C)C)cc(N5C[C@@H](C)O[C@@H](C)C5)n4)ccc3cn2)cc1S(C)(=O)=O. The maximum atomic E-state index is 12.9. The van der Waals surface area contributed by atoms with Crippen LogP contribution in [0.15, 0.2) is 59.6 Å². The molecule has 12 nitrogen and oxygen atoms in total. The van der Waals surface area contributed by atoms with Crippen LogP contribution in [0.4, 0.5) is 10.6 Å². The van der Waals surface area contributed by atoms with E-state index in [9.17, 15) is 18.0 Å². The van der Waals surface area contributed by atoms with E-state index in [1.54, 1.807) is 25.3 Å². The summed E-state index contributed by atoms with van der Waals surface area (Å²) < 4.78 is 35.6. The zero-order valence-electron chi connectivity index (χ0n) is 30.4. The normalized spacial score (nSPS) is 16.6. The fourth-order valence-corrected chi connectivity index (χ4v) is 7.04. The number of benzene rings is 1. The van der Waals surface area contributed by atoms with Crippen molar-refractivity contribution in [3.63, 3.8) is 0 Å². The van der Waals surface area contributed by atoms with Crippen molar-refractivity contribution in [3.8, 4) is 11.4 Å². The van der Waals surface area contributed by atoms with Crippen molar-refractivity contribution in [2.45, 2.75) is 90.1 Å². The molecule has 4 heterocycles. The topological polar surface area (TPSA) is 153 Å². The number of ether oxygens (including phenoxy) is 2. The molecule has 0 aliphatic carbocycles. The van der Waals surface area contributed by atoms with E-state index < -0.39 is 27.4 Å². The van der Waals surface area contributed by atoms with Gasteiger partial charge in [-0.05, 0) is 114 Å². The number of nitrogens with zero attached hydrogens (tertiary/aromatic N) is 4. The van der Waals surface area contributed by atoms with E-state index in [2.05, 4.69) is 46.5 Å². The van der Waals surface area contributed by atoms with Gasteiger partial charge in [-0.25, -0.2) is 23.2 Å². The summed E-state index contributed by atoms with van der Waals surface area (Å²) in [5.74, 6) is 0.468. The molecular weight excluding hydrogens is 669 g/mol. The number of morpholine rings is 1. The zero-order valence-corrected chi connectivity index (χ0v) is 31.3. The minimum absolute atomic E-state index is 0.0690. The van der Waals surface area contributed by atoms with Gasteiger partial charge in [-0.3, -0.25) is 9.78 Å². The summed E-state index contributed by atoms with van der Waals surface area (Å²) in [6.07, 6.45) is 5.02. The molecule has 0 radical (unpaired) electrons.